The number of aromatic nitrogens is 9. The van der Waals surface area contributed by atoms with Crippen LogP contribution in [0.5, 0.6) is 11.5 Å². The van der Waals surface area contributed by atoms with Crippen molar-refractivity contribution in [2.75, 3.05) is 7.11 Å². The Bertz CT molecular complexity index is 1900. The first-order valence-corrected chi connectivity index (χ1v) is 14.2. The molecule has 0 bridgehead atoms. The second-order valence-electron chi connectivity index (χ2n) is 9.85. The molecular weight excluding hydrogens is 623 g/mol. The lowest BCUT2D eigenvalue weighted by atomic mass is 10.1. The third-order valence-electron chi connectivity index (χ3n) is 6.31. The van der Waals surface area contributed by atoms with Crippen LogP contribution < -0.4 is 9.47 Å². The van der Waals surface area contributed by atoms with Crippen LogP contribution in [0.25, 0.3) is 34.2 Å². The average Bonchev–Trinajstić information content (AvgIpc) is 3.76. The van der Waals surface area contributed by atoms with Crippen molar-refractivity contribution in [3.05, 3.63) is 94.3 Å². The first kappa shape index (κ1) is 33.6. The Balaban J connectivity index is 0.000000157. The number of para-hydroxylation sites is 2. The van der Waals surface area contributed by atoms with Gasteiger partial charge in [-0.05, 0) is 70.0 Å². The van der Waals surface area contributed by atoms with E-state index in [9.17, 15) is 13.2 Å². The van der Waals surface area contributed by atoms with Gasteiger partial charge >= 0.3 is 6.36 Å². The maximum Gasteiger partial charge on any atom is 0.573 e. The summed E-state index contributed by atoms with van der Waals surface area (Å²) in [6.07, 6.45) is -4.73. The Morgan fingerprint density at radius 1 is 0.630 bits per heavy atom. The third-order valence-corrected chi connectivity index (χ3v) is 6.72. The van der Waals surface area contributed by atoms with E-state index in [0.717, 1.165) is 44.7 Å². The molecule has 6 rings (SSSR count). The predicted molar refractivity (Wildman–Crippen MR) is 167 cm³/mol. The molecule has 0 unspecified atom stereocenters. The fourth-order valence-electron chi connectivity index (χ4n) is 4.20. The fraction of sp³-hybridized carbons (Fsp3) is 0.226. The number of nitrogens with zero attached hydrogens (tertiary/aromatic N) is 6. The number of halogens is 4. The minimum absolute atomic E-state index is 0.169. The Morgan fingerprint density at radius 3 is 1.63 bits per heavy atom. The van der Waals surface area contributed by atoms with Crippen LogP contribution >= 0.6 is 11.6 Å². The summed E-state index contributed by atoms with van der Waals surface area (Å²) in [5, 5.41) is 20.9. The van der Waals surface area contributed by atoms with Gasteiger partial charge in [-0.25, -0.2) is 15.0 Å². The minimum Gasteiger partial charge on any atom is -0.496 e. The molecule has 0 radical (unpaired) electrons. The van der Waals surface area contributed by atoms with Gasteiger partial charge in [-0.15, -0.1) is 13.2 Å². The van der Waals surface area contributed by atoms with Gasteiger partial charge in [0.05, 0.1) is 18.2 Å². The average molecular weight is 654 g/mol. The molecule has 0 aliphatic heterocycles. The third kappa shape index (κ3) is 8.69. The standard InChI is InChI=1S/C11H13N3O.C10H10ClN3.C10H8F3N3O/c1-7-5-4-6-9(10(7)15-3)11-12-8(2)13-14-11;1-6-8(4-3-5-9(6)11)10-12-7(2)13-14-10;1-6-14-9(16-15-6)7-4-2-3-5-8(7)17-10(11,12)13/h4-6H,1-3H3,(H,12,13,14);3-5H,1-2H3,(H,12,13,14);2-5H,1H3,(H,14,15,16). The van der Waals surface area contributed by atoms with Gasteiger partial charge < -0.3 is 9.47 Å². The molecule has 3 heterocycles. The number of H-pyrrole nitrogens is 3. The van der Waals surface area contributed by atoms with Crippen molar-refractivity contribution >= 4 is 11.6 Å². The molecular formula is C31H31ClF3N9O2. The minimum atomic E-state index is -4.73. The molecule has 3 aromatic heterocycles. The number of ether oxygens (including phenoxy) is 2. The number of methoxy groups -OCH3 is 1. The molecule has 0 spiro atoms. The van der Waals surface area contributed by atoms with Crippen LogP contribution in [-0.2, 0) is 0 Å². The molecule has 3 aromatic carbocycles. The number of hydrogen-bond donors (Lipinski definition) is 3. The zero-order valence-electron chi connectivity index (χ0n) is 25.8. The monoisotopic (exact) mass is 653 g/mol. The van der Waals surface area contributed by atoms with Crippen molar-refractivity contribution in [3.63, 3.8) is 0 Å². The van der Waals surface area contributed by atoms with Crippen LogP contribution in [0, 0.1) is 34.6 Å². The topological polar surface area (TPSA) is 143 Å². The van der Waals surface area contributed by atoms with Crippen LogP contribution in [0.4, 0.5) is 13.2 Å². The summed E-state index contributed by atoms with van der Waals surface area (Å²) >= 11 is 6.00. The highest BCUT2D eigenvalue weighted by atomic mass is 35.5. The summed E-state index contributed by atoms with van der Waals surface area (Å²) < 4.78 is 45.8. The van der Waals surface area contributed by atoms with Crippen molar-refractivity contribution in [1.29, 1.82) is 0 Å². The summed E-state index contributed by atoms with van der Waals surface area (Å²) in [4.78, 5) is 12.5. The Kier molecular flexibility index (Phi) is 10.7. The lowest BCUT2D eigenvalue weighted by molar-refractivity contribution is -0.274. The molecule has 15 heteroatoms. The van der Waals surface area contributed by atoms with Gasteiger partial charge in [0.1, 0.15) is 29.0 Å². The number of rotatable bonds is 5. The van der Waals surface area contributed by atoms with Crippen LogP contribution in [-0.4, -0.2) is 59.0 Å². The van der Waals surface area contributed by atoms with E-state index in [0.29, 0.717) is 17.5 Å². The predicted octanol–water partition coefficient (Wildman–Crippen LogP) is 7.52. The van der Waals surface area contributed by atoms with Gasteiger partial charge in [-0.2, -0.15) is 15.3 Å². The van der Waals surface area contributed by atoms with E-state index >= 15 is 0 Å². The highest BCUT2D eigenvalue weighted by molar-refractivity contribution is 6.31. The molecule has 0 aliphatic rings. The summed E-state index contributed by atoms with van der Waals surface area (Å²) in [7, 11) is 1.66. The normalized spacial score (nSPS) is 10.8. The second-order valence-corrected chi connectivity index (χ2v) is 10.3. The number of benzene rings is 3. The summed E-state index contributed by atoms with van der Waals surface area (Å²) in [6, 6.07) is 17.4. The largest absolute Gasteiger partial charge is 0.573 e. The first-order valence-electron chi connectivity index (χ1n) is 13.8. The van der Waals surface area contributed by atoms with E-state index in [1.165, 1.54) is 18.2 Å². The van der Waals surface area contributed by atoms with E-state index < -0.39 is 6.36 Å². The van der Waals surface area contributed by atoms with Crippen LogP contribution in [0.1, 0.15) is 28.6 Å². The van der Waals surface area contributed by atoms with E-state index in [2.05, 4.69) is 50.3 Å². The van der Waals surface area contributed by atoms with Crippen molar-refractivity contribution in [2.45, 2.75) is 41.0 Å². The highest BCUT2D eigenvalue weighted by Crippen LogP contribution is 2.32. The van der Waals surface area contributed by atoms with E-state index in [1.807, 2.05) is 64.1 Å². The van der Waals surface area contributed by atoms with Gasteiger partial charge in [0.15, 0.2) is 17.5 Å². The Hall–Kier alpha value is -5.24. The molecule has 11 nitrogen and oxygen atoms in total. The van der Waals surface area contributed by atoms with Gasteiger partial charge in [0, 0.05) is 10.6 Å². The molecule has 0 atom stereocenters. The molecule has 0 fully saturated rings. The van der Waals surface area contributed by atoms with Gasteiger partial charge in [-0.1, -0.05) is 48.0 Å². The van der Waals surface area contributed by atoms with Crippen LogP contribution in [0.3, 0.4) is 0 Å². The SMILES string of the molecule is COc1c(C)cccc1-c1n[nH]c(C)n1.Cc1nc(-c2cccc(Cl)c2C)n[nH]1.Cc1nc(-c2ccccc2OC(F)(F)F)n[nH]1. The molecule has 240 valence electrons. The number of alkyl halides is 3. The van der Waals surface area contributed by atoms with Gasteiger partial charge in [0.2, 0.25) is 0 Å². The Morgan fingerprint density at radius 2 is 1.11 bits per heavy atom. The van der Waals surface area contributed by atoms with Gasteiger partial charge in [-0.3, -0.25) is 15.3 Å². The number of aromatic amines is 3. The van der Waals surface area contributed by atoms with E-state index in [-0.39, 0.29) is 17.1 Å². The summed E-state index contributed by atoms with van der Waals surface area (Å²) in [5.41, 5.74) is 4.17. The van der Waals surface area contributed by atoms with Crippen LogP contribution in [0.15, 0.2) is 60.7 Å². The number of aryl methyl sites for hydroxylation is 4. The van der Waals surface area contributed by atoms with Crippen molar-refractivity contribution < 1.29 is 22.6 Å². The van der Waals surface area contributed by atoms with E-state index in [4.69, 9.17) is 16.3 Å². The molecule has 0 saturated heterocycles. The maximum atomic E-state index is 12.2. The number of hydrogen-bond acceptors (Lipinski definition) is 8. The van der Waals surface area contributed by atoms with Crippen molar-refractivity contribution in [1.82, 2.24) is 45.5 Å². The zero-order valence-corrected chi connectivity index (χ0v) is 26.5. The summed E-state index contributed by atoms with van der Waals surface area (Å²) in [5.74, 6) is 4.17. The van der Waals surface area contributed by atoms with Crippen molar-refractivity contribution in [2.24, 2.45) is 0 Å². The zero-order chi connectivity index (χ0) is 33.4. The smallest absolute Gasteiger partial charge is 0.496 e. The van der Waals surface area contributed by atoms with Crippen molar-refractivity contribution in [3.8, 4) is 45.7 Å². The maximum absolute atomic E-state index is 12.2. The van der Waals surface area contributed by atoms with E-state index in [1.54, 1.807) is 20.1 Å². The molecule has 3 N–H and O–H groups in total. The molecule has 0 saturated carbocycles. The molecule has 0 amide bonds. The molecule has 46 heavy (non-hydrogen) atoms. The van der Waals surface area contributed by atoms with Gasteiger partial charge in [0.25, 0.3) is 0 Å². The molecule has 0 aliphatic carbocycles. The van der Waals surface area contributed by atoms with Crippen LogP contribution in [0.2, 0.25) is 5.02 Å². The lowest BCUT2D eigenvalue weighted by Gasteiger charge is -2.11. The number of nitrogens with one attached hydrogen (secondary N) is 3. The lowest BCUT2D eigenvalue weighted by Crippen LogP contribution is -2.17. The molecule has 6 aromatic rings. The quantitative estimate of drug-likeness (QED) is 0.173. The first-order chi connectivity index (χ1) is 21.9. The fourth-order valence-corrected chi connectivity index (χ4v) is 4.38. The Labute approximate surface area is 267 Å². The highest BCUT2D eigenvalue weighted by Gasteiger charge is 2.32. The summed E-state index contributed by atoms with van der Waals surface area (Å²) in [6.45, 7) is 9.37. The second kappa shape index (κ2) is 14.7.